The summed E-state index contributed by atoms with van der Waals surface area (Å²) in [6, 6.07) is -0.527. The highest BCUT2D eigenvalue weighted by atomic mass is 16.3. The van der Waals surface area contributed by atoms with E-state index in [9.17, 15) is 15.0 Å². The molecule has 4 heteroatoms. The van der Waals surface area contributed by atoms with Crippen LogP contribution >= 0.6 is 0 Å². The van der Waals surface area contributed by atoms with E-state index < -0.39 is 12.1 Å². The lowest BCUT2D eigenvalue weighted by Crippen LogP contribution is -2.45. The largest absolute Gasteiger partial charge is 0.394 e. The second kappa shape index (κ2) is 39.8. The number of aliphatic hydroxyl groups is 2. The first-order chi connectivity index (χ1) is 23.2. The molecule has 0 aliphatic rings. The van der Waals surface area contributed by atoms with Crippen molar-refractivity contribution in [1.29, 1.82) is 0 Å². The zero-order chi connectivity index (χ0) is 34.3. The number of hydrogen-bond donors (Lipinski definition) is 3. The summed E-state index contributed by atoms with van der Waals surface area (Å²) in [5, 5.41) is 23.0. The summed E-state index contributed by atoms with van der Waals surface area (Å²) in [5.74, 6) is -0.0291. The number of carbonyl (C=O) groups excluding carboxylic acids is 1. The van der Waals surface area contributed by atoms with E-state index in [-0.39, 0.29) is 12.5 Å². The summed E-state index contributed by atoms with van der Waals surface area (Å²) in [6.45, 7) is 4.35. The predicted octanol–water partition coefficient (Wildman–Crippen LogP) is 13.3. The van der Waals surface area contributed by atoms with Crippen molar-refractivity contribution in [2.45, 2.75) is 264 Å². The zero-order valence-electron chi connectivity index (χ0n) is 32.3. The average molecular weight is 666 g/mol. The highest BCUT2D eigenvalue weighted by molar-refractivity contribution is 5.76. The second-order valence-corrected chi connectivity index (χ2v) is 15.1. The van der Waals surface area contributed by atoms with E-state index in [1.54, 1.807) is 0 Å². The van der Waals surface area contributed by atoms with Crippen LogP contribution in [0.3, 0.4) is 0 Å². The van der Waals surface area contributed by atoms with E-state index >= 15 is 0 Å². The standard InChI is InChI=1S/C43H87NO3/c1-3-5-7-9-11-13-14-15-16-17-18-19-20-21-22-23-24-25-26-27-28-29-30-31-33-35-37-39-43(47)44-41(40-45)42(46)38-36-34-32-12-10-8-6-4-2/h41-42,45-46H,3-40H2,1-2H3,(H,44,47). The maximum absolute atomic E-state index is 12.3. The van der Waals surface area contributed by atoms with Gasteiger partial charge in [0.15, 0.2) is 0 Å². The van der Waals surface area contributed by atoms with Crippen molar-refractivity contribution in [3.05, 3.63) is 0 Å². The Morgan fingerprint density at radius 1 is 0.426 bits per heavy atom. The molecule has 0 rings (SSSR count). The van der Waals surface area contributed by atoms with Gasteiger partial charge in [0.05, 0.1) is 18.8 Å². The van der Waals surface area contributed by atoms with Crippen LogP contribution in [0, 0.1) is 0 Å². The molecule has 0 aromatic heterocycles. The normalized spacial score (nSPS) is 12.9. The fourth-order valence-electron chi connectivity index (χ4n) is 7.01. The molecule has 3 N–H and O–H groups in total. The molecule has 0 saturated heterocycles. The van der Waals surface area contributed by atoms with Gasteiger partial charge in [-0.15, -0.1) is 0 Å². The van der Waals surface area contributed by atoms with Crippen LogP contribution in [0.15, 0.2) is 0 Å². The molecule has 47 heavy (non-hydrogen) atoms. The third-order valence-corrected chi connectivity index (χ3v) is 10.4. The summed E-state index contributed by atoms with van der Waals surface area (Å²) in [5.41, 5.74) is 0. The van der Waals surface area contributed by atoms with E-state index in [0.717, 1.165) is 25.7 Å². The number of rotatable bonds is 40. The summed E-state index contributed by atoms with van der Waals surface area (Å²) >= 11 is 0. The summed E-state index contributed by atoms with van der Waals surface area (Å²) < 4.78 is 0. The quantitative estimate of drug-likeness (QED) is 0.0570. The van der Waals surface area contributed by atoms with Crippen LogP contribution in [0.2, 0.25) is 0 Å². The molecule has 0 fully saturated rings. The highest BCUT2D eigenvalue weighted by Crippen LogP contribution is 2.17. The van der Waals surface area contributed by atoms with Gasteiger partial charge in [-0.2, -0.15) is 0 Å². The molecule has 4 nitrogen and oxygen atoms in total. The Kier molecular flexibility index (Phi) is 39.3. The lowest BCUT2D eigenvalue weighted by molar-refractivity contribution is -0.123. The Balaban J connectivity index is 3.35. The van der Waals surface area contributed by atoms with Crippen LogP contribution in [0.1, 0.15) is 251 Å². The smallest absolute Gasteiger partial charge is 0.220 e. The first-order valence-electron chi connectivity index (χ1n) is 21.7. The molecule has 0 heterocycles. The zero-order valence-corrected chi connectivity index (χ0v) is 32.3. The van der Waals surface area contributed by atoms with Gasteiger partial charge in [-0.25, -0.2) is 0 Å². The lowest BCUT2D eigenvalue weighted by atomic mass is 10.0. The van der Waals surface area contributed by atoms with Gasteiger partial charge >= 0.3 is 0 Å². The van der Waals surface area contributed by atoms with Crippen LogP contribution in [0.5, 0.6) is 0 Å². The molecule has 0 aromatic rings. The van der Waals surface area contributed by atoms with Crippen molar-refractivity contribution in [1.82, 2.24) is 5.32 Å². The van der Waals surface area contributed by atoms with Gasteiger partial charge in [-0.05, 0) is 12.8 Å². The Morgan fingerprint density at radius 3 is 0.957 bits per heavy atom. The molecule has 282 valence electrons. The van der Waals surface area contributed by atoms with E-state index in [1.165, 1.54) is 199 Å². The van der Waals surface area contributed by atoms with Gasteiger partial charge < -0.3 is 15.5 Å². The molecule has 0 spiro atoms. The van der Waals surface area contributed by atoms with Gasteiger partial charge in [0.25, 0.3) is 0 Å². The molecule has 0 radical (unpaired) electrons. The molecular formula is C43H87NO3. The fraction of sp³-hybridized carbons (Fsp3) is 0.977. The summed E-state index contributed by atoms with van der Waals surface area (Å²) in [7, 11) is 0. The Labute approximate surface area is 295 Å². The Morgan fingerprint density at radius 2 is 0.681 bits per heavy atom. The molecule has 2 atom stereocenters. The van der Waals surface area contributed by atoms with Crippen LogP contribution in [-0.4, -0.2) is 34.9 Å². The van der Waals surface area contributed by atoms with E-state index in [4.69, 9.17) is 0 Å². The van der Waals surface area contributed by atoms with E-state index in [0.29, 0.717) is 12.8 Å². The topological polar surface area (TPSA) is 69.6 Å². The molecule has 0 aliphatic carbocycles. The minimum atomic E-state index is -0.650. The van der Waals surface area contributed by atoms with Crippen LogP contribution in [0.4, 0.5) is 0 Å². The number of amides is 1. The van der Waals surface area contributed by atoms with Crippen molar-refractivity contribution >= 4 is 5.91 Å². The Hall–Kier alpha value is -0.610. The number of carbonyl (C=O) groups is 1. The third-order valence-electron chi connectivity index (χ3n) is 10.4. The van der Waals surface area contributed by atoms with Crippen molar-refractivity contribution in [2.75, 3.05) is 6.61 Å². The van der Waals surface area contributed by atoms with E-state index in [2.05, 4.69) is 19.2 Å². The average Bonchev–Trinajstić information content (AvgIpc) is 3.07. The van der Waals surface area contributed by atoms with Gasteiger partial charge in [0.2, 0.25) is 5.91 Å². The third kappa shape index (κ3) is 36.5. The van der Waals surface area contributed by atoms with Crippen molar-refractivity contribution in [2.24, 2.45) is 0 Å². The van der Waals surface area contributed by atoms with Crippen molar-refractivity contribution in [3.8, 4) is 0 Å². The fourth-order valence-corrected chi connectivity index (χ4v) is 7.01. The summed E-state index contributed by atoms with van der Waals surface area (Å²) in [4.78, 5) is 12.3. The Bertz CT molecular complexity index is 598. The van der Waals surface area contributed by atoms with E-state index in [1.807, 2.05) is 0 Å². The molecule has 0 aromatic carbocycles. The lowest BCUT2D eigenvalue weighted by Gasteiger charge is -2.22. The number of hydrogen-bond acceptors (Lipinski definition) is 3. The van der Waals surface area contributed by atoms with Gasteiger partial charge in [0.1, 0.15) is 0 Å². The molecule has 0 aliphatic heterocycles. The molecule has 0 saturated carbocycles. The molecule has 0 bridgehead atoms. The van der Waals surface area contributed by atoms with Gasteiger partial charge in [0, 0.05) is 6.42 Å². The molecule has 1 amide bonds. The number of unbranched alkanes of at least 4 members (excludes halogenated alkanes) is 33. The molecular weight excluding hydrogens is 578 g/mol. The monoisotopic (exact) mass is 666 g/mol. The minimum absolute atomic E-state index is 0.0291. The molecule has 2 unspecified atom stereocenters. The van der Waals surface area contributed by atoms with Gasteiger partial charge in [-0.1, -0.05) is 232 Å². The number of aliphatic hydroxyl groups excluding tert-OH is 2. The highest BCUT2D eigenvalue weighted by Gasteiger charge is 2.20. The summed E-state index contributed by atoms with van der Waals surface area (Å²) in [6.07, 6.45) is 47.7. The maximum Gasteiger partial charge on any atom is 0.220 e. The van der Waals surface area contributed by atoms with Crippen LogP contribution in [-0.2, 0) is 4.79 Å². The SMILES string of the molecule is CCCCCCCCCCCCCCCCCCCCCCCCCCCCCC(=O)NC(CO)C(O)CCCCCCCCCC. The van der Waals surface area contributed by atoms with Crippen LogP contribution in [0.25, 0.3) is 0 Å². The first-order valence-corrected chi connectivity index (χ1v) is 21.7. The van der Waals surface area contributed by atoms with Crippen molar-refractivity contribution in [3.63, 3.8) is 0 Å². The van der Waals surface area contributed by atoms with Gasteiger partial charge in [-0.3, -0.25) is 4.79 Å². The number of nitrogens with one attached hydrogen (secondary N) is 1. The minimum Gasteiger partial charge on any atom is -0.394 e. The predicted molar refractivity (Wildman–Crippen MR) is 207 cm³/mol. The van der Waals surface area contributed by atoms with Crippen molar-refractivity contribution < 1.29 is 15.0 Å². The first kappa shape index (κ1) is 46.4. The maximum atomic E-state index is 12.3. The van der Waals surface area contributed by atoms with Crippen LogP contribution < -0.4 is 5.32 Å². The second-order valence-electron chi connectivity index (χ2n) is 15.1.